The van der Waals surface area contributed by atoms with Crippen LogP contribution >= 0.6 is 0 Å². The molecule has 1 atom stereocenters. The van der Waals surface area contributed by atoms with Crippen LogP contribution in [0.2, 0.25) is 0 Å². The number of likely N-dealkylation sites (tertiary alicyclic amines) is 1. The summed E-state index contributed by atoms with van der Waals surface area (Å²) in [7, 11) is 1.61. The van der Waals surface area contributed by atoms with Crippen molar-refractivity contribution in [3.8, 4) is 5.75 Å². The number of amides is 2. The van der Waals surface area contributed by atoms with Gasteiger partial charge in [0.15, 0.2) is 0 Å². The van der Waals surface area contributed by atoms with Crippen molar-refractivity contribution in [3.05, 3.63) is 65.7 Å². The summed E-state index contributed by atoms with van der Waals surface area (Å²) in [5, 5.41) is 2.91. The van der Waals surface area contributed by atoms with Crippen LogP contribution in [0.3, 0.4) is 0 Å². The van der Waals surface area contributed by atoms with Crippen molar-refractivity contribution in [1.29, 1.82) is 0 Å². The first kappa shape index (κ1) is 18.8. The van der Waals surface area contributed by atoms with Crippen molar-refractivity contribution in [3.63, 3.8) is 0 Å². The lowest BCUT2D eigenvalue weighted by molar-refractivity contribution is -0.125. The minimum atomic E-state index is -0.487. The molecule has 6 heteroatoms. The summed E-state index contributed by atoms with van der Waals surface area (Å²) >= 11 is 0. The Morgan fingerprint density at radius 3 is 2.67 bits per heavy atom. The zero-order chi connectivity index (χ0) is 19.1. The Hall–Kier alpha value is -3.02. The molecule has 1 heterocycles. The van der Waals surface area contributed by atoms with E-state index >= 15 is 0 Å². The molecule has 0 aliphatic carbocycles. The third kappa shape index (κ3) is 5.00. The van der Waals surface area contributed by atoms with Crippen LogP contribution < -0.4 is 10.1 Å². The Kier molecular flexibility index (Phi) is 6.30. The molecule has 0 radical (unpaired) electrons. The topological polar surface area (TPSA) is 67.9 Å². The van der Waals surface area contributed by atoms with E-state index < -0.39 is 12.1 Å². The van der Waals surface area contributed by atoms with Crippen molar-refractivity contribution >= 4 is 12.0 Å². The summed E-state index contributed by atoms with van der Waals surface area (Å²) in [4.78, 5) is 26.5. The number of ether oxygens (including phenoxy) is 2. The van der Waals surface area contributed by atoms with Gasteiger partial charge >= 0.3 is 6.09 Å². The lowest BCUT2D eigenvalue weighted by Gasteiger charge is -2.23. The summed E-state index contributed by atoms with van der Waals surface area (Å²) in [6.45, 7) is 1.12. The molecule has 1 aliphatic heterocycles. The summed E-state index contributed by atoms with van der Waals surface area (Å²) < 4.78 is 10.6. The van der Waals surface area contributed by atoms with Crippen molar-refractivity contribution in [2.24, 2.45) is 0 Å². The molecular formula is C21H24N2O4. The van der Waals surface area contributed by atoms with E-state index in [2.05, 4.69) is 5.32 Å². The van der Waals surface area contributed by atoms with Crippen LogP contribution in [0.5, 0.6) is 5.75 Å². The van der Waals surface area contributed by atoms with E-state index in [9.17, 15) is 9.59 Å². The summed E-state index contributed by atoms with van der Waals surface area (Å²) in [6, 6.07) is 16.5. The fourth-order valence-electron chi connectivity index (χ4n) is 3.15. The predicted octanol–water partition coefficient (Wildman–Crippen LogP) is 3.11. The molecular weight excluding hydrogens is 344 g/mol. The lowest BCUT2D eigenvalue weighted by atomic mass is 10.2. The fourth-order valence-corrected chi connectivity index (χ4v) is 3.15. The van der Waals surface area contributed by atoms with Crippen LogP contribution in [0.15, 0.2) is 54.6 Å². The van der Waals surface area contributed by atoms with Gasteiger partial charge in [0.2, 0.25) is 5.91 Å². The van der Waals surface area contributed by atoms with Crippen LogP contribution in [0.25, 0.3) is 0 Å². The molecule has 142 valence electrons. The number of carbonyl (C=O) groups is 2. The van der Waals surface area contributed by atoms with Gasteiger partial charge in [-0.2, -0.15) is 0 Å². The van der Waals surface area contributed by atoms with Gasteiger partial charge in [0.25, 0.3) is 0 Å². The lowest BCUT2D eigenvalue weighted by Crippen LogP contribution is -2.45. The molecule has 1 unspecified atom stereocenters. The Balaban J connectivity index is 1.53. The van der Waals surface area contributed by atoms with E-state index in [0.29, 0.717) is 19.5 Å². The first-order valence-corrected chi connectivity index (χ1v) is 9.05. The molecule has 1 aliphatic rings. The Bertz CT molecular complexity index is 779. The molecule has 2 aromatic rings. The van der Waals surface area contributed by atoms with E-state index in [0.717, 1.165) is 23.3 Å². The van der Waals surface area contributed by atoms with E-state index in [-0.39, 0.29) is 12.5 Å². The second-order valence-electron chi connectivity index (χ2n) is 6.46. The monoisotopic (exact) mass is 368 g/mol. The Morgan fingerprint density at radius 1 is 1.11 bits per heavy atom. The predicted molar refractivity (Wildman–Crippen MR) is 101 cm³/mol. The molecule has 27 heavy (non-hydrogen) atoms. The second kappa shape index (κ2) is 9.07. The van der Waals surface area contributed by atoms with Crippen LogP contribution in [0.1, 0.15) is 24.0 Å². The Labute approximate surface area is 159 Å². The number of nitrogens with zero attached hydrogens (tertiary/aromatic N) is 1. The second-order valence-corrected chi connectivity index (χ2v) is 6.46. The molecule has 2 aromatic carbocycles. The van der Waals surface area contributed by atoms with Crippen molar-refractivity contribution < 1.29 is 19.1 Å². The maximum Gasteiger partial charge on any atom is 0.410 e. The average Bonchev–Trinajstić information content (AvgIpc) is 3.21. The maximum absolute atomic E-state index is 12.6. The third-order valence-electron chi connectivity index (χ3n) is 4.60. The van der Waals surface area contributed by atoms with Gasteiger partial charge in [-0.1, -0.05) is 42.5 Å². The van der Waals surface area contributed by atoms with Gasteiger partial charge in [0, 0.05) is 13.1 Å². The van der Waals surface area contributed by atoms with E-state index in [1.165, 1.54) is 4.90 Å². The number of carbonyl (C=O) groups excluding carboxylic acids is 2. The molecule has 0 saturated carbocycles. The van der Waals surface area contributed by atoms with Crippen LogP contribution in [-0.4, -0.2) is 36.6 Å². The normalized spacial score (nSPS) is 16.0. The highest BCUT2D eigenvalue weighted by Crippen LogP contribution is 2.19. The highest BCUT2D eigenvalue weighted by Gasteiger charge is 2.34. The fraction of sp³-hybridized carbons (Fsp3) is 0.333. The number of benzene rings is 2. The molecule has 3 rings (SSSR count). The molecule has 0 aromatic heterocycles. The van der Waals surface area contributed by atoms with Gasteiger partial charge in [-0.15, -0.1) is 0 Å². The smallest absolute Gasteiger partial charge is 0.410 e. The maximum atomic E-state index is 12.6. The third-order valence-corrected chi connectivity index (χ3v) is 4.60. The minimum Gasteiger partial charge on any atom is -0.497 e. The number of rotatable bonds is 6. The first-order chi connectivity index (χ1) is 13.2. The summed E-state index contributed by atoms with van der Waals surface area (Å²) in [5.41, 5.74) is 1.86. The number of nitrogens with one attached hydrogen (secondary N) is 1. The van der Waals surface area contributed by atoms with Gasteiger partial charge in [0.05, 0.1) is 7.11 Å². The van der Waals surface area contributed by atoms with Crippen molar-refractivity contribution in [1.82, 2.24) is 10.2 Å². The molecule has 1 fully saturated rings. The standard InChI is InChI=1S/C21H24N2O4/c1-26-18-10-5-9-17(13-18)14-22-20(24)19-11-6-12-23(19)21(25)27-15-16-7-3-2-4-8-16/h2-5,7-10,13,19H,6,11-12,14-15H2,1H3,(H,22,24). The first-order valence-electron chi connectivity index (χ1n) is 9.05. The highest BCUT2D eigenvalue weighted by atomic mass is 16.6. The molecule has 2 amide bonds. The molecule has 0 spiro atoms. The van der Waals surface area contributed by atoms with Crippen LogP contribution in [-0.2, 0) is 22.7 Å². The quantitative estimate of drug-likeness (QED) is 0.851. The highest BCUT2D eigenvalue weighted by molar-refractivity contribution is 5.86. The van der Waals surface area contributed by atoms with Gasteiger partial charge in [-0.3, -0.25) is 9.69 Å². The van der Waals surface area contributed by atoms with Gasteiger partial charge in [0.1, 0.15) is 18.4 Å². The zero-order valence-corrected chi connectivity index (χ0v) is 15.4. The van der Waals surface area contributed by atoms with Crippen molar-refractivity contribution in [2.45, 2.75) is 32.0 Å². The largest absolute Gasteiger partial charge is 0.497 e. The van der Waals surface area contributed by atoms with Crippen LogP contribution in [0, 0.1) is 0 Å². The molecule has 0 bridgehead atoms. The van der Waals surface area contributed by atoms with E-state index in [1.54, 1.807) is 7.11 Å². The number of hydrogen-bond donors (Lipinski definition) is 1. The van der Waals surface area contributed by atoms with Gasteiger partial charge in [-0.25, -0.2) is 4.79 Å². The molecule has 1 N–H and O–H groups in total. The van der Waals surface area contributed by atoms with Crippen LogP contribution in [0.4, 0.5) is 4.79 Å². The number of methoxy groups -OCH3 is 1. The average molecular weight is 368 g/mol. The van der Waals surface area contributed by atoms with Gasteiger partial charge < -0.3 is 14.8 Å². The van der Waals surface area contributed by atoms with Gasteiger partial charge in [-0.05, 0) is 36.1 Å². The molecule has 6 nitrogen and oxygen atoms in total. The summed E-state index contributed by atoms with van der Waals surface area (Å²) in [6.07, 6.45) is 0.986. The minimum absolute atomic E-state index is 0.160. The zero-order valence-electron chi connectivity index (χ0n) is 15.4. The van der Waals surface area contributed by atoms with Crippen molar-refractivity contribution in [2.75, 3.05) is 13.7 Å². The SMILES string of the molecule is COc1cccc(CNC(=O)C2CCCN2C(=O)OCc2ccccc2)c1. The number of hydrogen-bond acceptors (Lipinski definition) is 4. The summed E-state index contributed by atoms with van der Waals surface area (Å²) in [5.74, 6) is 0.584. The van der Waals surface area contributed by atoms with E-state index in [4.69, 9.17) is 9.47 Å². The van der Waals surface area contributed by atoms with E-state index in [1.807, 2.05) is 54.6 Å². The molecule has 1 saturated heterocycles. The Morgan fingerprint density at radius 2 is 1.89 bits per heavy atom.